The van der Waals surface area contributed by atoms with Crippen molar-refractivity contribution >= 4 is 10.0 Å². The molecule has 0 amide bonds. The van der Waals surface area contributed by atoms with Crippen LogP contribution in [0, 0.1) is 18.8 Å². The Bertz CT molecular complexity index is 512. The molecule has 3 nitrogen and oxygen atoms in total. The molecule has 4 heteroatoms. The van der Waals surface area contributed by atoms with Crippen LogP contribution in [0.15, 0.2) is 29.2 Å². The van der Waals surface area contributed by atoms with E-state index in [1.54, 1.807) is 16.4 Å². The summed E-state index contributed by atoms with van der Waals surface area (Å²) in [6.07, 6.45) is 1.95. The van der Waals surface area contributed by atoms with Gasteiger partial charge in [0.1, 0.15) is 0 Å². The third-order valence-electron chi connectivity index (χ3n) is 4.10. The van der Waals surface area contributed by atoms with Crippen LogP contribution in [0.1, 0.15) is 32.3 Å². The Balaban J connectivity index is 2.12. The Morgan fingerprint density at radius 2 is 1.63 bits per heavy atom. The number of aryl methyl sites for hydroxylation is 1. The van der Waals surface area contributed by atoms with E-state index >= 15 is 0 Å². The van der Waals surface area contributed by atoms with E-state index in [1.807, 2.05) is 19.1 Å². The highest BCUT2D eigenvalue weighted by molar-refractivity contribution is 7.89. The van der Waals surface area contributed by atoms with Crippen molar-refractivity contribution in [2.24, 2.45) is 11.8 Å². The van der Waals surface area contributed by atoms with E-state index in [0.717, 1.165) is 18.4 Å². The first-order valence-electron chi connectivity index (χ1n) is 6.98. The predicted octanol–water partition coefficient (Wildman–Crippen LogP) is 3.05. The maximum atomic E-state index is 12.5. The molecule has 0 aliphatic carbocycles. The topological polar surface area (TPSA) is 37.4 Å². The van der Waals surface area contributed by atoms with Crippen LogP contribution >= 0.6 is 0 Å². The van der Waals surface area contributed by atoms with Crippen molar-refractivity contribution in [1.82, 2.24) is 4.31 Å². The number of nitrogens with zero attached hydrogens (tertiary/aromatic N) is 1. The fraction of sp³-hybridized carbons (Fsp3) is 0.600. The monoisotopic (exact) mass is 281 g/mol. The lowest BCUT2D eigenvalue weighted by Gasteiger charge is -2.33. The second kappa shape index (κ2) is 5.63. The molecular weight excluding hydrogens is 258 g/mol. The van der Waals surface area contributed by atoms with Gasteiger partial charge in [-0.25, -0.2) is 8.42 Å². The van der Waals surface area contributed by atoms with Crippen LogP contribution in [0.5, 0.6) is 0 Å². The van der Waals surface area contributed by atoms with Crippen LogP contribution in [0.2, 0.25) is 0 Å². The van der Waals surface area contributed by atoms with E-state index in [0.29, 0.717) is 29.8 Å². The number of piperidine rings is 1. The van der Waals surface area contributed by atoms with Crippen molar-refractivity contribution in [3.05, 3.63) is 29.8 Å². The Morgan fingerprint density at radius 3 is 2.11 bits per heavy atom. The maximum absolute atomic E-state index is 12.5. The van der Waals surface area contributed by atoms with E-state index in [4.69, 9.17) is 0 Å². The molecule has 0 saturated carbocycles. The SMILES string of the molecule is Cc1ccc(S(=O)(=O)N2CCC(C(C)C)CC2)cc1. The molecule has 0 radical (unpaired) electrons. The van der Waals surface area contributed by atoms with Gasteiger partial charge in [-0.2, -0.15) is 4.31 Å². The van der Waals surface area contributed by atoms with Gasteiger partial charge >= 0.3 is 0 Å². The summed E-state index contributed by atoms with van der Waals surface area (Å²) in [4.78, 5) is 0.418. The summed E-state index contributed by atoms with van der Waals surface area (Å²) in [6, 6.07) is 7.12. The van der Waals surface area contributed by atoms with Gasteiger partial charge in [0.2, 0.25) is 10.0 Å². The van der Waals surface area contributed by atoms with Gasteiger partial charge in [-0.15, -0.1) is 0 Å². The number of rotatable bonds is 3. The van der Waals surface area contributed by atoms with Gasteiger partial charge in [-0.1, -0.05) is 31.5 Å². The molecule has 1 saturated heterocycles. The standard InChI is InChI=1S/C15H23NO2S/c1-12(2)14-8-10-16(11-9-14)19(17,18)15-6-4-13(3)5-7-15/h4-7,12,14H,8-11H2,1-3H3. The first kappa shape index (κ1) is 14.5. The van der Waals surface area contributed by atoms with Crippen molar-refractivity contribution in [3.63, 3.8) is 0 Å². The van der Waals surface area contributed by atoms with Gasteiger partial charge in [-0.05, 0) is 43.7 Å². The maximum Gasteiger partial charge on any atom is 0.243 e. The molecule has 1 aromatic rings. The summed E-state index contributed by atoms with van der Waals surface area (Å²) in [6.45, 7) is 7.70. The Morgan fingerprint density at radius 1 is 1.11 bits per heavy atom. The number of hydrogen-bond acceptors (Lipinski definition) is 2. The molecule has 106 valence electrons. The smallest absolute Gasteiger partial charge is 0.207 e. The fourth-order valence-electron chi connectivity index (χ4n) is 2.64. The molecule has 1 aromatic carbocycles. The molecule has 0 atom stereocenters. The first-order valence-corrected chi connectivity index (χ1v) is 8.42. The number of benzene rings is 1. The van der Waals surface area contributed by atoms with Crippen molar-refractivity contribution in [2.45, 2.75) is 38.5 Å². The first-order chi connectivity index (χ1) is 8.91. The normalized spacial score (nSPS) is 18.9. The molecule has 0 spiro atoms. The lowest BCUT2D eigenvalue weighted by Crippen LogP contribution is -2.39. The lowest BCUT2D eigenvalue weighted by molar-refractivity contribution is 0.226. The van der Waals surface area contributed by atoms with Crippen molar-refractivity contribution in [2.75, 3.05) is 13.1 Å². The minimum atomic E-state index is -3.29. The lowest BCUT2D eigenvalue weighted by atomic mass is 9.87. The van der Waals surface area contributed by atoms with E-state index in [9.17, 15) is 8.42 Å². The van der Waals surface area contributed by atoms with Gasteiger partial charge in [0.15, 0.2) is 0 Å². The highest BCUT2D eigenvalue weighted by atomic mass is 32.2. The minimum absolute atomic E-state index is 0.418. The quantitative estimate of drug-likeness (QED) is 0.854. The van der Waals surface area contributed by atoms with Gasteiger partial charge < -0.3 is 0 Å². The van der Waals surface area contributed by atoms with Gasteiger partial charge in [0.25, 0.3) is 0 Å². The van der Waals surface area contributed by atoms with E-state index in [-0.39, 0.29) is 0 Å². The molecule has 1 aliphatic rings. The molecule has 1 fully saturated rings. The molecular formula is C15H23NO2S. The molecule has 1 aliphatic heterocycles. The third-order valence-corrected chi connectivity index (χ3v) is 6.01. The molecule has 0 aromatic heterocycles. The summed E-state index contributed by atoms with van der Waals surface area (Å²) in [7, 11) is -3.29. The van der Waals surface area contributed by atoms with Crippen LogP contribution in [-0.2, 0) is 10.0 Å². The van der Waals surface area contributed by atoms with Gasteiger partial charge in [0, 0.05) is 13.1 Å². The summed E-state index contributed by atoms with van der Waals surface area (Å²) >= 11 is 0. The van der Waals surface area contributed by atoms with Gasteiger partial charge in [0.05, 0.1) is 4.90 Å². The zero-order valence-electron chi connectivity index (χ0n) is 12.0. The molecule has 2 rings (SSSR count). The zero-order valence-corrected chi connectivity index (χ0v) is 12.8. The molecule has 0 N–H and O–H groups in total. The average Bonchev–Trinajstić information content (AvgIpc) is 2.39. The summed E-state index contributed by atoms with van der Waals surface area (Å²) < 4.78 is 26.6. The van der Waals surface area contributed by atoms with Crippen molar-refractivity contribution in [3.8, 4) is 0 Å². The average molecular weight is 281 g/mol. The van der Waals surface area contributed by atoms with Crippen LogP contribution in [0.3, 0.4) is 0 Å². The molecule has 1 heterocycles. The van der Waals surface area contributed by atoms with E-state index in [2.05, 4.69) is 13.8 Å². The molecule has 19 heavy (non-hydrogen) atoms. The van der Waals surface area contributed by atoms with E-state index < -0.39 is 10.0 Å². The van der Waals surface area contributed by atoms with Crippen LogP contribution in [-0.4, -0.2) is 25.8 Å². The number of sulfonamides is 1. The molecule has 0 unspecified atom stereocenters. The second-order valence-electron chi connectivity index (χ2n) is 5.80. The predicted molar refractivity (Wildman–Crippen MR) is 77.5 cm³/mol. The summed E-state index contributed by atoms with van der Waals surface area (Å²) in [5, 5.41) is 0. The minimum Gasteiger partial charge on any atom is -0.207 e. The summed E-state index contributed by atoms with van der Waals surface area (Å²) in [5.74, 6) is 1.30. The van der Waals surface area contributed by atoms with Gasteiger partial charge in [-0.3, -0.25) is 0 Å². The largest absolute Gasteiger partial charge is 0.243 e. The van der Waals surface area contributed by atoms with Crippen molar-refractivity contribution in [1.29, 1.82) is 0 Å². The zero-order chi connectivity index (χ0) is 14.0. The Hall–Kier alpha value is -0.870. The highest BCUT2D eigenvalue weighted by Gasteiger charge is 2.30. The van der Waals surface area contributed by atoms with E-state index in [1.165, 1.54) is 0 Å². The third kappa shape index (κ3) is 3.18. The fourth-order valence-corrected chi connectivity index (χ4v) is 4.11. The van der Waals surface area contributed by atoms with Crippen LogP contribution in [0.25, 0.3) is 0 Å². The Kier molecular flexibility index (Phi) is 4.31. The van der Waals surface area contributed by atoms with Crippen LogP contribution in [0.4, 0.5) is 0 Å². The molecule has 0 bridgehead atoms. The Labute approximate surface area is 116 Å². The second-order valence-corrected chi connectivity index (χ2v) is 7.74. The summed E-state index contributed by atoms with van der Waals surface area (Å²) in [5.41, 5.74) is 1.08. The number of hydrogen-bond donors (Lipinski definition) is 0. The van der Waals surface area contributed by atoms with Crippen LogP contribution < -0.4 is 0 Å². The van der Waals surface area contributed by atoms with Crippen molar-refractivity contribution < 1.29 is 8.42 Å². The highest BCUT2D eigenvalue weighted by Crippen LogP contribution is 2.28.